The van der Waals surface area contributed by atoms with Crippen LogP contribution in [0.25, 0.3) is 0 Å². The van der Waals surface area contributed by atoms with E-state index in [1.54, 1.807) is 0 Å². The zero-order valence-electron chi connectivity index (χ0n) is 10.2. The number of alkyl halides is 3. The summed E-state index contributed by atoms with van der Waals surface area (Å²) in [6.45, 7) is 1.87. The van der Waals surface area contributed by atoms with Crippen molar-refractivity contribution in [3.8, 4) is 0 Å². The van der Waals surface area contributed by atoms with Crippen LogP contribution in [-0.4, -0.2) is 11.2 Å². The van der Waals surface area contributed by atoms with Gasteiger partial charge in [0.05, 0.1) is 17.7 Å². The molecule has 7 heteroatoms. The minimum atomic E-state index is -4.41. The van der Waals surface area contributed by atoms with E-state index in [0.29, 0.717) is 17.3 Å². The van der Waals surface area contributed by atoms with Crippen molar-refractivity contribution in [2.45, 2.75) is 38.1 Å². The summed E-state index contributed by atoms with van der Waals surface area (Å²) in [7, 11) is 0. The van der Waals surface area contributed by atoms with Gasteiger partial charge < -0.3 is 10.8 Å². The largest absolute Gasteiger partial charge is 0.416 e. The number of nitrogens with two attached hydrogens (primary N) is 1. The highest BCUT2D eigenvalue weighted by atomic mass is 79.9. The lowest BCUT2D eigenvalue weighted by atomic mass is 9.97. The molecule has 0 heterocycles. The quantitative estimate of drug-likeness (QED) is 0.849. The normalized spacial score (nSPS) is 14.7. The fraction of sp³-hybridized carbons (Fsp3) is 0.500. The molecule has 0 aliphatic heterocycles. The van der Waals surface area contributed by atoms with Crippen LogP contribution < -0.4 is 5.73 Å². The van der Waals surface area contributed by atoms with Gasteiger partial charge in [-0.2, -0.15) is 13.2 Å². The van der Waals surface area contributed by atoms with E-state index in [4.69, 9.17) is 5.73 Å². The topological polar surface area (TPSA) is 46.2 Å². The summed E-state index contributed by atoms with van der Waals surface area (Å²) in [5.74, 6) is 0. The van der Waals surface area contributed by atoms with Crippen molar-refractivity contribution in [3.63, 3.8) is 0 Å². The molecule has 110 valence electrons. The van der Waals surface area contributed by atoms with Gasteiger partial charge in [0.15, 0.2) is 0 Å². The maximum absolute atomic E-state index is 12.6. The van der Waals surface area contributed by atoms with E-state index >= 15 is 0 Å². The number of hydrogen-bond donors (Lipinski definition) is 2. The van der Waals surface area contributed by atoms with E-state index in [2.05, 4.69) is 15.9 Å². The van der Waals surface area contributed by atoms with Gasteiger partial charge in [-0.05, 0) is 30.2 Å². The molecular formula is C12H16BrClF3NO. The van der Waals surface area contributed by atoms with Crippen molar-refractivity contribution in [1.29, 1.82) is 0 Å². The molecule has 2 nitrogen and oxygen atoms in total. The molecule has 0 saturated carbocycles. The van der Waals surface area contributed by atoms with Crippen LogP contribution in [0.15, 0.2) is 22.7 Å². The van der Waals surface area contributed by atoms with Crippen molar-refractivity contribution >= 4 is 28.3 Å². The first kappa shape index (κ1) is 18.7. The van der Waals surface area contributed by atoms with Gasteiger partial charge >= 0.3 is 6.18 Å². The lowest BCUT2D eigenvalue weighted by Gasteiger charge is -2.21. The minimum Gasteiger partial charge on any atom is -0.391 e. The SMILES string of the molecule is CCC[C@H](O)[C@H](N)c1cc(C(F)(F)F)ccc1Br.Cl. The molecule has 3 N–H and O–H groups in total. The first-order chi connectivity index (χ1) is 8.27. The van der Waals surface area contributed by atoms with Crippen LogP contribution >= 0.6 is 28.3 Å². The highest BCUT2D eigenvalue weighted by Crippen LogP contribution is 2.34. The fourth-order valence-electron chi connectivity index (χ4n) is 1.66. The van der Waals surface area contributed by atoms with E-state index in [1.165, 1.54) is 6.07 Å². The van der Waals surface area contributed by atoms with Crippen LogP contribution in [-0.2, 0) is 6.18 Å². The van der Waals surface area contributed by atoms with Crippen LogP contribution in [0.5, 0.6) is 0 Å². The third-order valence-corrected chi connectivity index (χ3v) is 3.40. The molecule has 0 aliphatic carbocycles. The molecule has 19 heavy (non-hydrogen) atoms. The Balaban J connectivity index is 0.00000324. The van der Waals surface area contributed by atoms with Gasteiger partial charge in [-0.25, -0.2) is 0 Å². The number of hydrogen-bond acceptors (Lipinski definition) is 2. The zero-order valence-corrected chi connectivity index (χ0v) is 12.6. The highest BCUT2D eigenvalue weighted by Gasteiger charge is 2.32. The van der Waals surface area contributed by atoms with Crippen molar-refractivity contribution in [2.75, 3.05) is 0 Å². The predicted molar refractivity (Wildman–Crippen MR) is 74.2 cm³/mol. The highest BCUT2D eigenvalue weighted by molar-refractivity contribution is 9.10. The van der Waals surface area contributed by atoms with Crippen molar-refractivity contribution in [1.82, 2.24) is 0 Å². The van der Waals surface area contributed by atoms with Gasteiger partial charge in [-0.1, -0.05) is 29.3 Å². The average Bonchev–Trinajstić information content (AvgIpc) is 2.27. The number of benzene rings is 1. The lowest BCUT2D eigenvalue weighted by Crippen LogP contribution is -2.26. The number of aliphatic hydroxyl groups excluding tert-OH is 1. The molecular weight excluding hydrogens is 346 g/mol. The average molecular weight is 363 g/mol. The standard InChI is InChI=1S/C12H15BrF3NO.ClH/c1-2-3-10(18)11(17)8-6-7(12(14,15)16)4-5-9(8)13;/h4-6,10-11,18H,2-3,17H2,1H3;1H/t10-,11+;/m0./s1. The van der Waals surface area contributed by atoms with Crippen LogP contribution in [0.3, 0.4) is 0 Å². The molecule has 2 atom stereocenters. The molecule has 0 fully saturated rings. The summed E-state index contributed by atoms with van der Waals surface area (Å²) in [6, 6.07) is 2.43. The second-order valence-electron chi connectivity index (χ2n) is 4.12. The molecule has 0 spiro atoms. The van der Waals surface area contributed by atoms with E-state index in [0.717, 1.165) is 12.1 Å². The Morgan fingerprint density at radius 2 is 1.95 bits per heavy atom. The van der Waals surface area contributed by atoms with Crippen LogP contribution in [0.2, 0.25) is 0 Å². The minimum absolute atomic E-state index is 0. The van der Waals surface area contributed by atoms with Gasteiger partial charge in [0.1, 0.15) is 0 Å². The number of rotatable bonds is 4. The second-order valence-corrected chi connectivity index (χ2v) is 4.97. The van der Waals surface area contributed by atoms with Gasteiger partial charge in [-0.15, -0.1) is 12.4 Å². The van der Waals surface area contributed by atoms with Crippen LogP contribution in [0.1, 0.15) is 36.9 Å². The Kier molecular flexibility index (Phi) is 7.36. The maximum Gasteiger partial charge on any atom is 0.416 e. The zero-order chi connectivity index (χ0) is 13.9. The fourth-order valence-corrected chi connectivity index (χ4v) is 2.17. The van der Waals surface area contributed by atoms with Gasteiger partial charge in [0.25, 0.3) is 0 Å². The van der Waals surface area contributed by atoms with Crippen molar-refractivity contribution in [2.24, 2.45) is 5.73 Å². The molecule has 0 unspecified atom stereocenters. The molecule has 0 aliphatic rings. The third-order valence-electron chi connectivity index (χ3n) is 2.68. The molecule has 0 aromatic heterocycles. The molecule has 1 aromatic carbocycles. The van der Waals surface area contributed by atoms with Crippen LogP contribution in [0, 0.1) is 0 Å². The monoisotopic (exact) mass is 361 g/mol. The van der Waals surface area contributed by atoms with E-state index in [-0.39, 0.29) is 18.0 Å². The Morgan fingerprint density at radius 3 is 2.42 bits per heavy atom. The number of aliphatic hydroxyl groups is 1. The summed E-state index contributed by atoms with van der Waals surface area (Å²) in [4.78, 5) is 0. The maximum atomic E-state index is 12.6. The smallest absolute Gasteiger partial charge is 0.391 e. The molecule has 0 bridgehead atoms. The molecule has 0 radical (unpaired) electrons. The van der Waals surface area contributed by atoms with E-state index < -0.39 is 23.9 Å². The predicted octanol–water partition coefficient (Wildman–Crippen LogP) is 4.05. The number of halogens is 5. The summed E-state index contributed by atoms with van der Waals surface area (Å²) in [6.07, 6.45) is -4.10. The molecule has 0 saturated heterocycles. The Labute approximate surface area is 124 Å². The Morgan fingerprint density at radius 1 is 1.37 bits per heavy atom. The lowest BCUT2D eigenvalue weighted by molar-refractivity contribution is -0.137. The summed E-state index contributed by atoms with van der Waals surface area (Å²) < 4.78 is 38.3. The van der Waals surface area contributed by atoms with E-state index in [1.807, 2.05) is 6.92 Å². The first-order valence-electron chi connectivity index (χ1n) is 5.57. The Hall–Kier alpha value is -0.300. The van der Waals surface area contributed by atoms with E-state index in [9.17, 15) is 18.3 Å². The molecule has 1 rings (SSSR count). The molecule has 0 amide bonds. The first-order valence-corrected chi connectivity index (χ1v) is 6.37. The third kappa shape index (κ3) is 4.95. The van der Waals surface area contributed by atoms with Crippen molar-refractivity contribution < 1.29 is 18.3 Å². The van der Waals surface area contributed by atoms with Gasteiger partial charge in [0, 0.05) is 4.47 Å². The van der Waals surface area contributed by atoms with Crippen LogP contribution in [0.4, 0.5) is 13.2 Å². The van der Waals surface area contributed by atoms with Gasteiger partial charge in [-0.3, -0.25) is 0 Å². The summed E-state index contributed by atoms with van der Waals surface area (Å²) >= 11 is 3.16. The molecule has 1 aromatic rings. The second kappa shape index (κ2) is 7.47. The van der Waals surface area contributed by atoms with Gasteiger partial charge in [0.2, 0.25) is 0 Å². The summed E-state index contributed by atoms with van der Waals surface area (Å²) in [5, 5.41) is 9.76. The Bertz CT molecular complexity index is 414. The summed E-state index contributed by atoms with van der Waals surface area (Å²) in [5.41, 5.74) is 5.30. The van der Waals surface area contributed by atoms with Crippen molar-refractivity contribution in [3.05, 3.63) is 33.8 Å².